The Labute approximate surface area is 182 Å². The molecule has 0 spiro atoms. The fraction of sp³-hybridized carbons (Fsp3) is 0.250. The monoisotopic (exact) mass is 464 g/mol. The molecular weight excluding hydrogens is 448 g/mol. The van der Waals surface area contributed by atoms with Gasteiger partial charge < -0.3 is 15.0 Å². The van der Waals surface area contributed by atoms with E-state index in [0.717, 1.165) is 6.07 Å². The van der Waals surface area contributed by atoms with Crippen LogP contribution < -0.4 is 10.2 Å². The Bertz CT molecular complexity index is 1220. The van der Waals surface area contributed by atoms with Crippen LogP contribution in [0.15, 0.2) is 35.2 Å². The summed E-state index contributed by atoms with van der Waals surface area (Å²) in [6.45, 7) is 1.35. The van der Waals surface area contributed by atoms with E-state index in [1.165, 1.54) is 12.1 Å². The van der Waals surface area contributed by atoms with Crippen LogP contribution in [0.1, 0.15) is 31.8 Å². The fourth-order valence-electron chi connectivity index (χ4n) is 3.80. The lowest BCUT2D eigenvalue weighted by atomic mass is 9.82. The predicted molar refractivity (Wildman–Crippen MR) is 112 cm³/mol. The topological polar surface area (TPSA) is 130 Å². The summed E-state index contributed by atoms with van der Waals surface area (Å²) >= 11 is 5.55. The number of rotatable bonds is 4. The van der Waals surface area contributed by atoms with E-state index in [1.54, 1.807) is 17.0 Å². The zero-order valence-electron chi connectivity index (χ0n) is 16.1. The molecule has 1 aliphatic heterocycles. The van der Waals surface area contributed by atoms with Gasteiger partial charge in [-0.3, -0.25) is 18.9 Å². The van der Waals surface area contributed by atoms with Crippen molar-refractivity contribution < 1.29 is 32.1 Å². The van der Waals surface area contributed by atoms with Gasteiger partial charge in [-0.1, -0.05) is 24.3 Å². The third kappa shape index (κ3) is 3.72. The number of fused-ring (bicyclic) bond motifs is 2. The lowest BCUT2D eigenvalue weighted by Gasteiger charge is -2.33. The molecular formula is C20H17ClN2O7S. The summed E-state index contributed by atoms with van der Waals surface area (Å²) in [5, 5.41) is 2.28. The van der Waals surface area contributed by atoms with Crippen molar-refractivity contribution in [3.63, 3.8) is 0 Å². The van der Waals surface area contributed by atoms with Crippen molar-refractivity contribution in [3.8, 4) is 0 Å². The second kappa shape index (κ2) is 8.04. The number of amides is 1. The van der Waals surface area contributed by atoms with E-state index in [9.17, 15) is 27.4 Å². The molecule has 0 aromatic heterocycles. The third-order valence-electron chi connectivity index (χ3n) is 5.16. The van der Waals surface area contributed by atoms with Crippen LogP contribution in [0, 0.1) is 0 Å². The standard InChI is InChI=1S/C20H17ClN2O7S/c21-10-15(24)22-18-14(31(27,28)29)9-13(23-5-7-30-8-6-23)16-17(18)20(26)12-4-2-1-3-11(12)19(16)25/h1-4,9H,5-8,10H2,(H,22,24)(H,27,28,29). The highest BCUT2D eigenvalue weighted by molar-refractivity contribution is 7.86. The molecule has 1 saturated heterocycles. The van der Waals surface area contributed by atoms with Gasteiger partial charge in [0.2, 0.25) is 5.91 Å². The van der Waals surface area contributed by atoms with Crippen molar-refractivity contribution in [1.29, 1.82) is 0 Å². The lowest BCUT2D eigenvalue weighted by Crippen LogP contribution is -2.38. The Kier molecular flexibility index (Phi) is 5.56. The molecule has 31 heavy (non-hydrogen) atoms. The average Bonchev–Trinajstić information content (AvgIpc) is 2.76. The van der Waals surface area contributed by atoms with Gasteiger partial charge in [-0.25, -0.2) is 0 Å². The molecule has 2 N–H and O–H groups in total. The molecule has 0 atom stereocenters. The summed E-state index contributed by atoms with van der Waals surface area (Å²) in [4.78, 5) is 39.9. The highest BCUT2D eigenvalue weighted by Gasteiger charge is 2.38. The molecule has 1 amide bonds. The SMILES string of the molecule is O=C(CCl)Nc1c(S(=O)(=O)O)cc(N2CCOCC2)c2c1C(=O)c1ccccc1C2=O. The number of anilines is 2. The quantitative estimate of drug-likeness (QED) is 0.441. The number of benzene rings is 2. The van der Waals surface area contributed by atoms with Crippen LogP contribution in [0.2, 0.25) is 0 Å². The minimum absolute atomic E-state index is 0.0390. The first-order valence-electron chi connectivity index (χ1n) is 9.29. The van der Waals surface area contributed by atoms with E-state index >= 15 is 0 Å². The number of morpholine rings is 1. The largest absolute Gasteiger partial charge is 0.378 e. The summed E-state index contributed by atoms with van der Waals surface area (Å²) < 4.78 is 39.6. The number of ketones is 2. The van der Waals surface area contributed by atoms with Crippen LogP contribution in [0.25, 0.3) is 0 Å². The van der Waals surface area contributed by atoms with Crippen molar-refractivity contribution in [3.05, 3.63) is 52.6 Å². The van der Waals surface area contributed by atoms with Gasteiger partial charge in [0.25, 0.3) is 10.1 Å². The maximum Gasteiger partial charge on any atom is 0.296 e. The summed E-state index contributed by atoms with van der Waals surface area (Å²) in [7, 11) is -4.88. The van der Waals surface area contributed by atoms with E-state index in [0.29, 0.717) is 26.3 Å². The molecule has 0 saturated carbocycles. The lowest BCUT2D eigenvalue weighted by molar-refractivity contribution is -0.113. The van der Waals surface area contributed by atoms with Gasteiger partial charge in [-0.15, -0.1) is 11.6 Å². The maximum atomic E-state index is 13.4. The van der Waals surface area contributed by atoms with Gasteiger partial charge in [-0.2, -0.15) is 8.42 Å². The van der Waals surface area contributed by atoms with Crippen molar-refractivity contribution in [2.24, 2.45) is 0 Å². The fourth-order valence-corrected chi connectivity index (χ4v) is 4.54. The van der Waals surface area contributed by atoms with E-state index in [-0.39, 0.29) is 27.9 Å². The second-order valence-electron chi connectivity index (χ2n) is 6.98. The van der Waals surface area contributed by atoms with Gasteiger partial charge in [0, 0.05) is 24.2 Å². The second-order valence-corrected chi connectivity index (χ2v) is 8.64. The number of halogens is 1. The van der Waals surface area contributed by atoms with Crippen LogP contribution >= 0.6 is 11.6 Å². The van der Waals surface area contributed by atoms with E-state index in [1.807, 2.05) is 0 Å². The van der Waals surface area contributed by atoms with Gasteiger partial charge in [0.1, 0.15) is 10.8 Å². The Balaban J connectivity index is 2.09. The number of alkyl halides is 1. The van der Waals surface area contributed by atoms with Crippen molar-refractivity contribution in [2.45, 2.75) is 4.90 Å². The average molecular weight is 465 g/mol. The number of ether oxygens (including phenoxy) is 1. The van der Waals surface area contributed by atoms with Crippen LogP contribution in [-0.4, -0.2) is 62.6 Å². The summed E-state index contributed by atoms with van der Waals surface area (Å²) in [5.74, 6) is -2.46. The highest BCUT2D eigenvalue weighted by atomic mass is 35.5. The molecule has 2 aromatic carbocycles. The molecule has 162 valence electrons. The van der Waals surface area contributed by atoms with E-state index in [2.05, 4.69) is 5.32 Å². The first kappa shape index (κ1) is 21.4. The molecule has 1 fully saturated rings. The summed E-state index contributed by atoms with van der Waals surface area (Å²) in [6, 6.07) is 7.24. The van der Waals surface area contributed by atoms with Gasteiger partial charge in [0.15, 0.2) is 11.6 Å². The van der Waals surface area contributed by atoms with Gasteiger partial charge in [0.05, 0.1) is 35.7 Å². The number of carbonyl (C=O) groups is 3. The van der Waals surface area contributed by atoms with Crippen molar-refractivity contribution in [2.75, 3.05) is 42.4 Å². The number of nitrogens with zero attached hydrogens (tertiary/aromatic N) is 1. The molecule has 2 aromatic rings. The van der Waals surface area contributed by atoms with Crippen molar-refractivity contribution >= 4 is 50.6 Å². The minimum atomic E-state index is -4.88. The summed E-state index contributed by atoms with van der Waals surface area (Å²) in [6.07, 6.45) is 0. The third-order valence-corrected chi connectivity index (χ3v) is 6.28. The van der Waals surface area contributed by atoms with E-state index < -0.39 is 44.1 Å². The maximum absolute atomic E-state index is 13.4. The van der Waals surface area contributed by atoms with Crippen LogP contribution in [0.4, 0.5) is 11.4 Å². The number of nitrogens with one attached hydrogen (secondary N) is 1. The molecule has 2 aliphatic rings. The first-order chi connectivity index (χ1) is 14.7. The predicted octanol–water partition coefficient (Wildman–Crippen LogP) is 1.72. The number of hydrogen-bond donors (Lipinski definition) is 2. The molecule has 0 bridgehead atoms. The molecule has 0 unspecified atom stereocenters. The van der Waals surface area contributed by atoms with Crippen LogP contribution in [0.3, 0.4) is 0 Å². The summed E-state index contributed by atoms with van der Waals surface area (Å²) in [5.41, 5.74) is -0.386. The Morgan fingerprint density at radius 2 is 1.68 bits per heavy atom. The van der Waals surface area contributed by atoms with Gasteiger partial charge in [-0.05, 0) is 6.07 Å². The van der Waals surface area contributed by atoms with Gasteiger partial charge >= 0.3 is 0 Å². The van der Waals surface area contributed by atoms with E-state index in [4.69, 9.17) is 16.3 Å². The highest BCUT2D eigenvalue weighted by Crippen LogP contribution is 2.42. The Morgan fingerprint density at radius 1 is 1.10 bits per heavy atom. The molecule has 4 rings (SSSR count). The molecule has 0 radical (unpaired) electrons. The van der Waals surface area contributed by atoms with Crippen molar-refractivity contribution in [1.82, 2.24) is 0 Å². The zero-order valence-corrected chi connectivity index (χ0v) is 17.6. The minimum Gasteiger partial charge on any atom is -0.378 e. The zero-order chi connectivity index (χ0) is 22.3. The smallest absolute Gasteiger partial charge is 0.296 e. The molecule has 9 nitrogen and oxygen atoms in total. The van der Waals surface area contributed by atoms with Crippen LogP contribution in [0.5, 0.6) is 0 Å². The number of carbonyl (C=O) groups excluding carboxylic acids is 3. The molecule has 11 heteroatoms. The van der Waals surface area contributed by atoms with Crippen LogP contribution in [-0.2, 0) is 19.6 Å². The molecule has 1 heterocycles. The first-order valence-corrected chi connectivity index (χ1v) is 11.3. The Hall–Kier alpha value is -2.79. The normalized spacial score (nSPS) is 16.0. The Morgan fingerprint density at radius 3 is 2.23 bits per heavy atom. The number of hydrogen-bond acceptors (Lipinski definition) is 7. The molecule has 1 aliphatic carbocycles.